The lowest BCUT2D eigenvalue weighted by molar-refractivity contribution is -0.157. The molecule has 1 aromatic carbocycles. The summed E-state index contributed by atoms with van der Waals surface area (Å²) >= 11 is 0. The van der Waals surface area contributed by atoms with Gasteiger partial charge in [0.05, 0.1) is 23.6 Å². The van der Waals surface area contributed by atoms with Gasteiger partial charge < -0.3 is 9.47 Å². The van der Waals surface area contributed by atoms with Crippen LogP contribution in [-0.2, 0) is 51.8 Å². The monoisotopic (exact) mass is 730 g/mol. The summed E-state index contributed by atoms with van der Waals surface area (Å²) in [5.41, 5.74) is -1.23. The number of hydrogen-bond acceptors (Lipinski definition) is 9. The number of fused-ring (bicyclic) bond motifs is 3. The Balaban J connectivity index is 1.28. The number of Topliss-reactive ketones (excluding diaryl/α,β-unsaturated/α-hetero) is 2. The van der Waals surface area contributed by atoms with E-state index in [9.17, 15) is 36.8 Å². The number of amides is 2. The summed E-state index contributed by atoms with van der Waals surface area (Å²) in [5, 5.41) is -0.684. The number of allylic oxidation sites excluding steroid dienone is 2. The number of carbonyl (C=O) groups is 5. The minimum Gasteiger partial charge on any atom is -0.460 e. The molecule has 13 heteroatoms. The summed E-state index contributed by atoms with van der Waals surface area (Å²) in [4.78, 5) is 70.4. The lowest BCUT2D eigenvalue weighted by Crippen LogP contribution is -2.41. The fraction of sp³-hybridized carbons (Fsp3) is 0.658. The van der Waals surface area contributed by atoms with E-state index in [1.54, 1.807) is 39.0 Å². The average molecular weight is 731 g/mol. The number of halogens is 1. The van der Waals surface area contributed by atoms with Crippen molar-refractivity contribution in [2.45, 2.75) is 128 Å². The van der Waals surface area contributed by atoms with Crippen LogP contribution < -0.4 is 4.72 Å². The zero-order valence-electron chi connectivity index (χ0n) is 31.5. The second-order valence-corrected chi connectivity index (χ2v) is 17.9. The van der Waals surface area contributed by atoms with Crippen LogP contribution in [-0.4, -0.2) is 59.8 Å². The van der Waals surface area contributed by atoms with Crippen LogP contribution in [0.2, 0.25) is 0 Å². The first kappa shape index (κ1) is 34.5. The second-order valence-electron chi connectivity index (χ2n) is 15.9. The van der Waals surface area contributed by atoms with Crippen molar-refractivity contribution in [3.05, 3.63) is 47.3 Å². The molecule has 4 aliphatic carbocycles. The van der Waals surface area contributed by atoms with Crippen molar-refractivity contribution in [3.63, 3.8) is 0 Å². The summed E-state index contributed by atoms with van der Waals surface area (Å²) in [7, 11) is -3.96. The highest BCUT2D eigenvalue weighted by Crippen LogP contribution is 2.58. The molecule has 51 heavy (non-hydrogen) atoms. The molecule has 0 saturated heterocycles. The van der Waals surface area contributed by atoms with Crippen molar-refractivity contribution in [1.82, 2.24) is 9.62 Å². The van der Waals surface area contributed by atoms with E-state index in [2.05, 4.69) is 4.72 Å². The van der Waals surface area contributed by atoms with Gasteiger partial charge >= 0.3 is 12.1 Å². The second kappa shape index (κ2) is 14.4. The maximum absolute atomic E-state index is 14.5. The van der Waals surface area contributed by atoms with Gasteiger partial charge in [-0.05, 0) is 89.6 Å². The summed E-state index contributed by atoms with van der Waals surface area (Å²) in [6.07, 6.45) is 0.975. The Morgan fingerprint density at radius 2 is 1.80 bits per heavy atom. The van der Waals surface area contributed by atoms with Gasteiger partial charge in [-0.1, -0.05) is 37.1 Å². The average Bonchev–Trinajstić information content (AvgIpc) is 3.94. The minimum atomic E-state index is -3.96. The predicted molar refractivity (Wildman–Crippen MR) is 184 cm³/mol. The van der Waals surface area contributed by atoms with E-state index < -0.39 is 98.4 Å². The van der Waals surface area contributed by atoms with Crippen LogP contribution in [0.25, 0.3) is 0 Å². The highest BCUT2D eigenvalue weighted by molar-refractivity contribution is 7.90. The van der Waals surface area contributed by atoms with Gasteiger partial charge in [0.1, 0.15) is 29.1 Å². The fourth-order valence-electron chi connectivity index (χ4n) is 7.87. The van der Waals surface area contributed by atoms with E-state index in [1.807, 2.05) is 0 Å². The first-order chi connectivity index (χ1) is 24.8. The van der Waals surface area contributed by atoms with Crippen molar-refractivity contribution in [1.29, 1.82) is 0 Å². The molecular weight excluding hydrogens is 679 g/mol. The Labute approximate surface area is 301 Å². The molecule has 0 aromatic heterocycles. The normalized spacial score (nSPS) is 32.2. The smallest absolute Gasteiger partial charge is 0.410 e. The van der Waals surface area contributed by atoms with Gasteiger partial charge in [0.15, 0.2) is 0 Å². The van der Waals surface area contributed by atoms with Crippen molar-refractivity contribution < 1.29 is 49.0 Å². The lowest BCUT2D eigenvalue weighted by atomic mass is 9.78. The summed E-state index contributed by atoms with van der Waals surface area (Å²) in [6, 6.07) is 4.61. The molecule has 278 valence electrons. The highest BCUT2D eigenvalue weighted by Gasteiger charge is 2.62. The fourth-order valence-corrected chi connectivity index (χ4v) is 9.25. The Morgan fingerprint density at radius 3 is 2.51 bits per heavy atom. The molecule has 0 spiro atoms. The van der Waals surface area contributed by atoms with Crippen molar-refractivity contribution in [3.8, 4) is 0 Å². The molecule has 6 atom stereocenters. The molecular formula is C38H49FN2O9S. The van der Waals surface area contributed by atoms with Crippen LogP contribution in [0.4, 0.5) is 9.18 Å². The van der Waals surface area contributed by atoms with E-state index in [0.717, 1.165) is 0 Å². The molecule has 11 nitrogen and oxygen atoms in total. The molecule has 3 saturated carbocycles. The Morgan fingerprint density at radius 1 is 1.06 bits per heavy atom. The van der Waals surface area contributed by atoms with Gasteiger partial charge in [-0.25, -0.2) is 17.6 Å². The molecule has 5 aliphatic rings. The number of hydrogen-bond donors (Lipinski definition) is 1. The summed E-state index contributed by atoms with van der Waals surface area (Å²) in [5.74, 6) is -6.14. The van der Waals surface area contributed by atoms with Crippen LogP contribution in [0.5, 0.6) is 0 Å². The number of nitrogens with one attached hydrogen (secondary N) is 1. The van der Waals surface area contributed by atoms with Gasteiger partial charge in [0, 0.05) is 39.0 Å². The van der Waals surface area contributed by atoms with Crippen molar-refractivity contribution >= 4 is 39.6 Å². The number of benzene rings is 1. The zero-order valence-corrected chi connectivity index (χ0v) is 30.3. The van der Waals surface area contributed by atoms with Gasteiger partial charge in [0.25, 0.3) is 0 Å². The number of esters is 1. The number of rotatable bonds is 6. The first-order valence-electron chi connectivity index (χ1n) is 19.0. The minimum absolute atomic E-state index is 0.00443. The van der Waals surface area contributed by atoms with Crippen LogP contribution >= 0.6 is 0 Å². The topological polar surface area (TPSA) is 153 Å². The Hall–Kier alpha value is -3.61. The molecule has 6 rings (SSSR count). The molecule has 2 amide bonds. The van der Waals surface area contributed by atoms with Crippen LogP contribution in [0.1, 0.15) is 112 Å². The maximum atomic E-state index is 14.5. The number of ether oxygens (including phenoxy) is 2. The lowest BCUT2D eigenvalue weighted by Gasteiger charge is -2.26. The summed E-state index contributed by atoms with van der Waals surface area (Å²) < 4.78 is 70.7. The van der Waals surface area contributed by atoms with E-state index in [1.165, 1.54) is 17.0 Å². The maximum Gasteiger partial charge on any atom is 0.410 e. The van der Waals surface area contributed by atoms with Gasteiger partial charge in [-0.3, -0.25) is 28.8 Å². The zero-order chi connectivity index (χ0) is 38.5. The van der Waals surface area contributed by atoms with E-state index in [-0.39, 0.29) is 57.4 Å². The molecule has 1 N–H and O–H groups in total. The van der Waals surface area contributed by atoms with Crippen molar-refractivity contribution in [2.75, 3.05) is 0 Å². The molecule has 1 heterocycles. The van der Waals surface area contributed by atoms with Crippen LogP contribution in [0.3, 0.4) is 0 Å². The molecule has 1 aliphatic heterocycles. The number of ketones is 2. The third kappa shape index (κ3) is 8.55. The Kier molecular flexibility index (Phi) is 9.75. The van der Waals surface area contributed by atoms with Gasteiger partial charge in [-0.15, -0.1) is 0 Å². The third-order valence-corrected chi connectivity index (χ3v) is 12.6. The SMILES string of the molecule is [2H]C1([2H])/C=C\[C@@H]2C[C@@]2(C(=O)NS(=O)(=O)C2CC2)CC(=O)[C@@H]2C[C@@H](OC(=O)N3Cc4cccc(F)c4C3)CC2C(=O)[C@@H](CC(=O)OC(C)(C)C)CCCC1. The number of nitrogens with zero attached hydrogens (tertiary/aromatic N) is 1. The largest absolute Gasteiger partial charge is 0.460 e. The van der Waals surface area contributed by atoms with Gasteiger partial charge in [0.2, 0.25) is 15.9 Å². The molecule has 1 unspecified atom stereocenters. The van der Waals surface area contributed by atoms with Crippen molar-refractivity contribution in [2.24, 2.45) is 29.1 Å². The highest BCUT2D eigenvalue weighted by atomic mass is 32.2. The van der Waals surface area contributed by atoms with E-state index >= 15 is 0 Å². The summed E-state index contributed by atoms with van der Waals surface area (Å²) in [6.45, 7) is 5.27. The van der Waals surface area contributed by atoms with Crippen LogP contribution in [0.15, 0.2) is 30.4 Å². The van der Waals surface area contributed by atoms with Gasteiger partial charge in [-0.2, -0.15) is 0 Å². The molecule has 3 fully saturated rings. The third-order valence-electron chi connectivity index (χ3n) is 10.8. The quantitative estimate of drug-likeness (QED) is 0.288. The van der Waals surface area contributed by atoms with E-state index in [0.29, 0.717) is 36.8 Å². The molecule has 1 aromatic rings. The number of sulfonamides is 1. The number of carbonyl (C=O) groups excluding carboxylic acids is 5. The molecule has 0 radical (unpaired) electrons. The Bertz CT molecular complexity index is 1810. The standard InChI is InChI=1S/C38H49FN2O9S/c1-37(2,3)50-33(43)16-23-10-7-5-4-6-8-12-25-19-38(25,35(45)40-51(47,48)27-14-15-27)20-32(42)28-17-26(18-29(28)34(23)44)49-36(46)41-21-24-11-9-13-31(39)30(24)22-41/h8-9,11-13,23,25-29H,4-7,10,14-22H2,1-3H3,(H,40,45)/b12-8-/t23-,25-,26-,28-,29?,38-/m1/s1/i6D2. The molecule has 0 bridgehead atoms. The predicted octanol–water partition coefficient (Wildman–Crippen LogP) is 5.68. The van der Waals surface area contributed by atoms with E-state index in [4.69, 9.17) is 12.2 Å². The van der Waals surface area contributed by atoms with Crippen LogP contribution in [0, 0.1) is 34.9 Å². The first-order valence-corrected chi connectivity index (χ1v) is 19.6.